The molecular formula is C13H30N2. The number of unbranched alkanes of at least 4 members (excludes halogenated alkanes) is 2. The minimum absolute atomic E-state index is 1.10. The Balaban J connectivity index is 3.49. The Morgan fingerprint density at radius 2 is 1.33 bits per heavy atom. The van der Waals surface area contributed by atoms with Gasteiger partial charge in [0.05, 0.1) is 0 Å². The van der Waals surface area contributed by atoms with E-state index in [1.807, 2.05) is 0 Å². The average Bonchev–Trinajstić information content (AvgIpc) is 2.27. The Hall–Kier alpha value is -0.0800. The zero-order chi connectivity index (χ0) is 11.4. The second-order valence-corrected chi connectivity index (χ2v) is 4.26. The van der Waals surface area contributed by atoms with Crippen LogP contribution in [0, 0.1) is 0 Å². The molecule has 0 spiro atoms. The Morgan fingerprint density at radius 3 is 1.80 bits per heavy atom. The maximum atomic E-state index is 3.39. The van der Waals surface area contributed by atoms with Crippen LogP contribution in [0.25, 0.3) is 0 Å². The lowest BCUT2D eigenvalue weighted by Gasteiger charge is -2.21. The van der Waals surface area contributed by atoms with Crippen LogP contribution in [0.4, 0.5) is 0 Å². The number of hydrogen-bond acceptors (Lipinski definition) is 2. The van der Waals surface area contributed by atoms with Crippen LogP contribution in [0.1, 0.15) is 52.9 Å². The molecule has 0 heterocycles. The first-order valence-corrected chi connectivity index (χ1v) is 6.78. The minimum Gasteiger partial charge on any atom is -0.317 e. The molecule has 15 heavy (non-hydrogen) atoms. The third-order valence-corrected chi connectivity index (χ3v) is 2.73. The average molecular weight is 214 g/mol. The highest BCUT2D eigenvalue weighted by Gasteiger charge is 2.02. The predicted octanol–water partition coefficient (Wildman–Crippen LogP) is 2.89. The molecule has 92 valence electrons. The highest BCUT2D eigenvalue weighted by molar-refractivity contribution is 4.59. The van der Waals surface area contributed by atoms with Crippen molar-refractivity contribution in [3.05, 3.63) is 0 Å². The van der Waals surface area contributed by atoms with Crippen LogP contribution in [0.3, 0.4) is 0 Å². The van der Waals surface area contributed by atoms with Gasteiger partial charge in [-0.1, -0.05) is 33.6 Å². The molecule has 2 nitrogen and oxygen atoms in total. The van der Waals surface area contributed by atoms with E-state index in [9.17, 15) is 0 Å². The number of hydrogen-bond donors (Lipinski definition) is 1. The normalized spacial score (nSPS) is 11.2. The highest BCUT2D eigenvalue weighted by Crippen LogP contribution is 2.00. The third kappa shape index (κ3) is 10.2. The quantitative estimate of drug-likeness (QED) is 0.532. The van der Waals surface area contributed by atoms with E-state index in [0.717, 1.165) is 6.54 Å². The zero-order valence-corrected chi connectivity index (χ0v) is 11.0. The van der Waals surface area contributed by atoms with Gasteiger partial charge in [-0.05, 0) is 52.0 Å². The maximum absolute atomic E-state index is 3.39. The molecule has 0 atom stereocenters. The van der Waals surface area contributed by atoms with Crippen LogP contribution in [0.15, 0.2) is 0 Å². The summed E-state index contributed by atoms with van der Waals surface area (Å²) in [6.45, 7) is 12.9. The molecule has 0 amide bonds. The van der Waals surface area contributed by atoms with Gasteiger partial charge in [-0.15, -0.1) is 0 Å². The van der Waals surface area contributed by atoms with Crippen LogP contribution in [0.5, 0.6) is 0 Å². The van der Waals surface area contributed by atoms with Gasteiger partial charge >= 0.3 is 0 Å². The summed E-state index contributed by atoms with van der Waals surface area (Å²) < 4.78 is 0. The van der Waals surface area contributed by atoms with E-state index in [1.165, 1.54) is 58.3 Å². The van der Waals surface area contributed by atoms with Crippen molar-refractivity contribution in [2.75, 3.05) is 32.7 Å². The molecule has 0 saturated heterocycles. The van der Waals surface area contributed by atoms with Crippen molar-refractivity contribution in [3.63, 3.8) is 0 Å². The molecule has 0 fully saturated rings. The summed E-state index contributed by atoms with van der Waals surface area (Å²) in [4.78, 5) is 2.63. The number of nitrogens with one attached hydrogen (secondary N) is 1. The van der Waals surface area contributed by atoms with Gasteiger partial charge in [-0.2, -0.15) is 0 Å². The van der Waals surface area contributed by atoms with Crippen LogP contribution in [-0.2, 0) is 0 Å². The van der Waals surface area contributed by atoms with E-state index in [-0.39, 0.29) is 0 Å². The van der Waals surface area contributed by atoms with Crippen molar-refractivity contribution in [3.8, 4) is 0 Å². The summed E-state index contributed by atoms with van der Waals surface area (Å²) in [7, 11) is 0. The lowest BCUT2D eigenvalue weighted by atomic mass is 10.2. The summed E-state index contributed by atoms with van der Waals surface area (Å²) in [6, 6.07) is 0. The smallest absolute Gasteiger partial charge is 0.000664 e. The topological polar surface area (TPSA) is 15.3 Å². The first kappa shape index (κ1) is 14.9. The van der Waals surface area contributed by atoms with E-state index in [2.05, 4.69) is 31.0 Å². The lowest BCUT2D eigenvalue weighted by Crippen LogP contribution is -2.29. The Labute approximate surface area is 96.4 Å². The zero-order valence-electron chi connectivity index (χ0n) is 11.0. The molecule has 1 N–H and O–H groups in total. The van der Waals surface area contributed by atoms with Crippen molar-refractivity contribution in [2.24, 2.45) is 0 Å². The summed E-state index contributed by atoms with van der Waals surface area (Å²) in [5, 5.41) is 3.39. The summed E-state index contributed by atoms with van der Waals surface area (Å²) >= 11 is 0. The molecule has 0 saturated carbocycles. The van der Waals surface area contributed by atoms with E-state index in [1.54, 1.807) is 0 Å². The van der Waals surface area contributed by atoms with Crippen molar-refractivity contribution in [1.29, 1.82) is 0 Å². The fourth-order valence-corrected chi connectivity index (χ4v) is 1.70. The monoisotopic (exact) mass is 214 g/mol. The minimum atomic E-state index is 1.10. The predicted molar refractivity (Wildman–Crippen MR) is 69.4 cm³/mol. The molecule has 2 heteroatoms. The fourth-order valence-electron chi connectivity index (χ4n) is 1.70. The first-order valence-electron chi connectivity index (χ1n) is 6.78. The van der Waals surface area contributed by atoms with Crippen LogP contribution in [0.2, 0.25) is 0 Å². The van der Waals surface area contributed by atoms with Gasteiger partial charge in [-0.3, -0.25) is 0 Å². The van der Waals surface area contributed by atoms with Gasteiger partial charge in [0.1, 0.15) is 0 Å². The molecule has 0 unspecified atom stereocenters. The van der Waals surface area contributed by atoms with Crippen molar-refractivity contribution < 1.29 is 0 Å². The van der Waals surface area contributed by atoms with Crippen molar-refractivity contribution in [1.82, 2.24) is 10.2 Å². The Bertz CT molecular complexity index is 107. The molecule has 0 aliphatic rings. The molecule has 0 aromatic rings. The Kier molecular flexibility index (Phi) is 11.9. The Morgan fingerprint density at radius 1 is 0.800 bits per heavy atom. The van der Waals surface area contributed by atoms with Crippen molar-refractivity contribution in [2.45, 2.75) is 52.9 Å². The second kappa shape index (κ2) is 12.0. The van der Waals surface area contributed by atoms with Crippen molar-refractivity contribution >= 4 is 0 Å². The molecule has 0 aliphatic heterocycles. The molecular weight excluding hydrogens is 184 g/mol. The largest absolute Gasteiger partial charge is 0.317 e. The number of rotatable bonds is 11. The molecule has 0 aromatic heterocycles. The number of nitrogens with zero attached hydrogens (tertiary/aromatic N) is 1. The second-order valence-electron chi connectivity index (χ2n) is 4.26. The first-order chi connectivity index (χ1) is 7.35. The third-order valence-electron chi connectivity index (χ3n) is 2.73. The molecule has 0 aliphatic carbocycles. The lowest BCUT2D eigenvalue weighted by molar-refractivity contribution is 0.261. The standard InChI is InChI=1S/C13H30N2/c1-4-7-11-15(12-8-5-2)13-9-10-14-6-3/h14H,4-13H2,1-3H3. The molecule has 0 radical (unpaired) electrons. The summed E-state index contributed by atoms with van der Waals surface area (Å²) in [5.41, 5.74) is 0. The van der Waals surface area contributed by atoms with E-state index in [4.69, 9.17) is 0 Å². The SMILES string of the molecule is CCCCN(CCCC)CCCNCC. The fraction of sp³-hybridized carbons (Fsp3) is 1.00. The molecule has 0 bridgehead atoms. The van der Waals surface area contributed by atoms with E-state index >= 15 is 0 Å². The van der Waals surface area contributed by atoms with E-state index < -0.39 is 0 Å². The molecule has 0 rings (SSSR count). The van der Waals surface area contributed by atoms with E-state index in [0.29, 0.717) is 0 Å². The van der Waals surface area contributed by atoms with Gasteiger partial charge in [0.15, 0.2) is 0 Å². The molecule has 0 aromatic carbocycles. The highest BCUT2D eigenvalue weighted by atomic mass is 15.1. The van der Waals surface area contributed by atoms with Crippen LogP contribution >= 0.6 is 0 Å². The summed E-state index contributed by atoms with van der Waals surface area (Å²) in [6.07, 6.45) is 6.63. The van der Waals surface area contributed by atoms with Crippen LogP contribution < -0.4 is 5.32 Å². The van der Waals surface area contributed by atoms with Gasteiger partial charge in [0, 0.05) is 0 Å². The summed E-state index contributed by atoms with van der Waals surface area (Å²) in [5.74, 6) is 0. The van der Waals surface area contributed by atoms with Gasteiger partial charge in [0.25, 0.3) is 0 Å². The van der Waals surface area contributed by atoms with Crippen LogP contribution in [-0.4, -0.2) is 37.6 Å². The van der Waals surface area contributed by atoms with Gasteiger partial charge in [-0.25, -0.2) is 0 Å². The maximum Gasteiger partial charge on any atom is -0.000664 e. The van der Waals surface area contributed by atoms with Gasteiger partial charge < -0.3 is 10.2 Å². The van der Waals surface area contributed by atoms with Gasteiger partial charge in [0.2, 0.25) is 0 Å².